The van der Waals surface area contributed by atoms with Crippen molar-refractivity contribution in [1.29, 1.82) is 0 Å². The largest absolute Gasteiger partial charge is 0.389 e. The van der Waals surface area contributed by atoms with Gasteiger partial charge in [0.2, 0.25) is 5.91 Å². The van der Waals surface area contributed by atoms with Gasteiger partial charge in [0.25, 0.3) is 5.91 Å². The first-order valence-electron chi connectivity index (χ1n) is 8.61. The molecule has 132 valence electrons. The molecule has 1 fully saturated rings. The maximum absolute atomic E-state index is 12.3. The lowest BCUT2D eigenvalue weighted by molar-refractivity contribution is -0.124. The molecule has 1 aliphatic rings. The number of hydrogen-bond acceptors (Lipinski definition) is 3. The number of likely N-dealkylation sites (N-methyl/N-ethyl adjacent to an activating group) is 1. The van der Waals surface area contributed by atoms with Crippen LogP contribution in [0.3, 0.4) is 0 Å². The molecule has 0 radical (unpaired) electrons. The average Bonchev–Trinajstić information content (AvgIpc) is 3.05. The van der Waals surface area contributed by atoms with Gasteiger partial charge in [0.15, 0.2) is 0 Å². The Morgan fingerprint density at radius 1 is 1.21 bits per heavy atom. The Labute approximate surface area is 144 Å². The highest BCUT2D eigenvalue weighted by Gasteiger charge is 2.22. The minimum Gasteiger partial charge on any atom is -0.389 e. The van der Waals surface area contributed by atoms with E-state index in [9.17, 15) is 14.7 Å². The summed E-state index contributed by atoms with van der Waals surface area (Å²) in [7, 11) is 1.68. The molecule has 1 aliphatic carbocycles. The molecular formula is C19H28N2O3. The average molecular weight is 332 g/mol. The van der Waals surface area contributed by atoms with Gasteiger partial charge < -0.3 is 15.3 Å². The fourth-order valence-electron chi connectivity index (χ4n) is 3.16. The van der Waals surface area contributed by atoms with Crippen molar-refractivity contribution in [3.63, 3.8) is 0 Å². The van der Waals surface area contributed by atoms with Gasteiger partial charge in [0.05, 0.1) is 5.60 Å². The number of nitrogens with zero attached hydrogens (tertiary/aromatic N) is 1. The molecule has 0 spiro atoms. The zero-order valence-electron chi connectivity index (χ0n) is 14.8. The number of aliphatic hydroxyl groups is 1. The van der Waals surface area contributed by atoms with Crippen LogP contribution in [0.4, 0.5) is 0 Å². The highest BCUT2D eigenvalue weighted by atomic mass is 16.3. The normalized spacial score (nSPS) is 15.3. The van der Waals surface area contributed by atoms with E-state index in [-0.39, 0.29) is 24.3 Å². The van der Waals surface area contributed by atoms with E-state index >= 15 is 0 Å². The molecular weight excluding hydrogens is 304 g/mol. The topological polar surface area (TPSA) is 69.6 Å². The van der Waals surface area contributed by atoms with Gasteiger partial charge in [-0.3, -0.25) is 9.59 Å². The van der Waals surface area contributed by atoms with Gasteiger partial charge in [-0.2, -0.15) is 0 Å². The van der Waals surface area contributed by atoms with Gasteiger partial charge in [-0.05, 0) is 44.4 Å². The highest BCUT2D eigenvalue weighted by Crippen LogP contribution is 2.24. The van der Waals surface area contributed by atoms with Gasteiger partial charge in [0.1, 0.15) is 0 Å². The monoisotopic (exact) mass is 332 g/mol. The van der Waals surface area contributed by atoms with Crippen molar-refractivity contribution in [1.82, 2.24) is 10.2 Å². The summed E-state index contributed by atoms with van der Waals surface area (Å²) in [5.41, 5.74) is 0.630. The van der Waals surface area contributed by atoms with Crippen molar-refractivity contribution in [3.8, 4) is 0 Å². The Balaban J connectivity index is 1.88. The van der Waals surface area contributed by atoms with Crippen molar-refractivity contribution >= 4 is 11.8 Å². The lowest BCUT2D eigenvalue weighted by atomic mass is 10.1. The second-order valence-electron chi connectivity index (χ2n) is 7.37. The first kappa shape index (κ1) is 18.5. The summed E-state index contributed by atoms with van der Waals surface area (Å²) in [4.78, 5) is 25.8. The van der Waals surface area contributed by atoms with Gasteiger partial charge in [-0.1, -0.05) is 25.0 Å². The summed E-state index contributed by atoms with van der Waals surface area (Å²) in [6.45, 7) is 4.11. The second kappa shape index (κ2) is 7.79. The van der Waals surface area contributed by atoms with E-state index in [1.807, 2.05) is 12.1 Å². The molecule has 24 heavy (non-hydrogen) atoms. The summed E-state index contributed by atoms with van der Waals surface area (Å²) in [6, 6.07) is 7.25. The van der Waals surface area contributed by atoms with Gasteiger partial charge in [0, 0.05) is 31.6 Å². The van der Waals surface area contributed by atoms with Crippen molar-refractivity contribution in [2.45, 2.75) is 51.7 Å². The quantitative estimate of drug-likeness (QED) is 0.840. The van der Waals surface area contributed by atoms with Crippen molar-refractivity contribution < 1.29 is 14.7 Å². The van der Waals surface area contributed by atoms with Crippen LogP contribution in [0.1, 0.15) is 55.5 Å². The SMILES string of the molecule is CN(CC(C)(C)O)C(=O)c1ccc(CNC(=O)C2CCCC2)cc1. The molecule has 0 heterocycles. The van der Waals surface area contributed by atoms with Crippen LogP contribution in [0.2, 0.25) is 0 Å². The third-order valence-corrected chi connectivity index (χ3v) is 4.36. The Morgan fingerprint density at radius 3 is 2.33 bits per heavy atom. The van der Waals surface area contributed by atoms with Gasteiger partial charge >= 0.3 is 0 Å². The van der Waals surface area contributed by atoms with E-state index < -0.39 is 5.60 Å². The standard InChI is InChI=1S/C19H28N2O3/c1-19(2,24)13-21(3)18(23)16-10-8-14(9-11-16)12-20-17(22)15-6-4-5-7-15/h8-11,15,24H,4-7,12-13H2,1-3H3,(H,20,22). The van der Waals surface area contributed by atoms with Crippen molar-refractivity contribution in [2.75, 3.05) is 13.6 Å². The molecule has 5 nitrogen and oxygen atoms in total. The van der Waals surface area contributed by atoms with Crippen LogP contribution in [0.5, 0.6) is 0 Å². The molecule has 0 saturated heterocycles. The Morgan fingerprint density at radius 2 is 1.79 bits per heavy atom. The zero-order valence-corrected chi connectivity index (χ0v) is 14.8. The highest BCUT2D eigenvalue weighted by molar-refractivity contribution is 5.94. The summed E-state index contributed by atoms with van der Waals surface area (Å²) in [6.07, 6.45) is 4.28. The lowest BCUT2D eigenvalue weighted by Gasteiger charge is -2.25. The van der Waals surface area contributed by atoms with Crippen LogP contribution in [-0.2, 0) is 11.3 Å². The summed E-state index contributed by atoms with van der Waals surface area (Å²) in [5.74, 6) is 0.178. The molecule has 5 heteroatoms. The van der Waals surface area contributed by atoms with E-state index in [0.29, 0.717) is 12.1 Å². The zero-order chi connectivity index (χ0) is 17.7. The number of amides is 2. The first-order chi connectivity index (χ1) is 11.3. The molecule has 1 aromatic carbocycles. The van der Waals surface area contributed by atoms with Gasteiger partial charge in [-0.15, -0.1) is 0 Å². The van der Waals surface area contributed by atoms with Gasteiger partial charge in [-0.25, -0.2) is 0 Å². The Kier molecular flexibility index (Phi) is 5.99. The van der Waals surface area contributed by atoms with Crippen LogP contribution in [0, 0.1) is 5.92 Å². The minimum absolute atomic E-state index is 0.126. The molecule has 1 saturated carbocycles. The molecule has 2 N–H and O–H groups in total. The van der Waals surface area contributed by atoms with Crippen LogP contribution < -0.4 is 5.32 Å². The van der Waals surface area contributed by atoms with E-state index in [2.05, 4.69) is 5.32 Å². The fourth-order valence-corrected chi connectivity index (χ4v) is 3.16. The lowest BCUT2D eigenvalue weighted by Crippen LogP contribution is -2.39. The molecule has 0 unspecified atom stereocenters. The third kappa shape index (κ3) is 5.34. The molecule has 0 aliphatic heterocycles. The Hall–Kier alpha value is -1.88. The number of hydrogen-bond donors (Lipinski definition) is 2. The number of nitrogens with one attached hydrogen (secondary N) is 1. The van der Waals surface area contributed by atoms with Crippen LogP contribution in [0.15, 0.2) is 24.3 Å². The van der Waals surface area contributed by atoms with E-state index in [1.165, 1.54) is 4.90 Å². The predicted molar refractivity (Wildman–Crippen MR) is 93.5 cm³/mol. The van der Waals surface area contributed by atoms with E-state index in [4.69, 9.17) is 0 Å². The number of carbonyl (C=O) groups excluding carboxylic acids is 2. The summed E-state index contributed by atoms with van der Waals surface area (Å²) in [5, 5.41) is 12.8. The third-order valence-electron chi connectivity index (χ3n) is 4.36. The molecule has 1 aromatic rings. The maximum Gasteiger partial charge on any atom is 0.253 e. The number of rotatable bonds is 6. The Bertz CT molecular complexity index is 569. The van der Waals surface area contributed by atoms with Crippen LogP contribution in [0.25, 0.3) is 0 Å². The van der Waals surface area contributed by atoms with Crippen LogP contribution in [-0.4, -0.2) is 41.0 Å². The first-order valence-corrected chi connectivity index (χ1v) is 8.61. The van der Waals surface area contributed by atoms with Crippen molar-refractivity contribution in [3.05, 3.63) is 35.4 Å². The number of carbonyl (C=O) groups is 2. The summed E-state index contributed by atoms with van der Waals surface area (Å²) < 4.78 is 0. The smallest absolute Gasteiger partial charge is 0.253 e. The summed E-state index contributed by atoms with van der Waals surface area (Å²) >= 11 is 0. The van der Waals surface area contributed by atoms with Crippen LogP contribution >= 0.6 is 0 Å². The molecule has 2 amide bonds. The minimum atomic E-state index is -0.922. The molecule has 0 aromatic heterocycles. The predicted octanol–water partition coefficient (Wildman–Crippen LogP) is 2.34. The fraction of sp³-hybridized carbons (Fsp3) is 0.579. The molecule has 0 bridgehead atoms. The maximum atomic E-state index is 12.3. The van der Waals surface area contributed by atoms with E-state index in [0.717, 1.165) is 31.2 Å². The van der Waals surface area contributed by atoms with E-state index in [1.54, 1.807) is 33.0 Å². The number of benzene rings is 1. The molecule has 2 rings (SSSR count). The van der Waals surface area contributed by atoms with Crippen molar-refractivity contribution in [2.24, 2.45) is 5.92 Å². The molecule has 0 atom stereocenters. The second-order valence-corrected chi connectivity index (χ2v) is 7.37.